The summed E-state index contributed by atoms with van der Waals surface area (Å²) in [6.07, 6.45) is 4.05. The molecule has 47 heavy (non-hydrogen) atoms. The van der Waals surface area contributed by atoms with Gasteiger partial charge in [0.2, 0.25) is 11.8 Å². The largest absolute Gasteiger partial charge is 0.352 e. The molecule has 1 aliphatic carbocycles. The van der Waals surface area contributed by atoms with Crippen LogP contribution in [0, 0.1) is 6.92 Å². The molecule has 1 N–H and O–H groups in total. The molecule has 0 saturated heterocycles. The summed E-state index contributed by atoms with van der Waals surface area (Å²) in [5.41, 5.74) is 2.59. The molecule has 0 heterocycles. The van der Waals surface area contributed by atoms with Crippen molar-refractivity contribution >= 4 is 66.7 Å². The fourth-order valence-electron chi connectivity index (χ4n) is 5.74. The average molecular weight is 758 g/mol. The van der Waals surface area contributed by atoms with E-state index in [0.717, 1.165) is 51.2 Å². The zero-order valence-electron chi connectivity index (χ0n) is 25.9. The zero-order valence-corrected chi connectivity index (χ0v) is 29.8. The predicted octanol–water partition coefficient (Wildman–Crippen LogP) is 7.96. The van der Waals surface area contributed by atoms with Crippen LogP contribution in [0.4, 0.5) is 5.69 Å². The predicted molar refractivity (Wildman–Crippen MR) is 191 cm³/mol. The van der Waals surface area contributed by atoms with Crippen molar-refractivity contribution in [2.24, 2.45) is 0 Å². The molecule has 246 valence electrons. The zero-order chi connectivity index (χ0) is 33.6. The molecular formula is C36H36BrCl2N3O4S. The SMILES string of the molecule is Cc1ccc(S(=O)(=O)N(CC(=O)N(Cc2ccc(Br)cc2)C(Cc2ccccc2)C(=O)NC2CCCC2)c2cc(Cl)ccc2Cl)cc1. The van der Waals surface area contributed by atoms with Gasteiger partial charge in [-0.05, 0) is 73.4 Å². The highest BCUT2D eigenvalue weighted by molar-refractivity contribution is 9.10. The van der Waals surface area contributed by atoms with Crippen LogP contribution in [0.3, 0.4) is 0 Å². The molecule has 11 heteroatoms. The van der Waals surface area contributed by atoms with E-state index >= 15 is 0 Å². The van der Waals surface area contributed by atoms with E-state index in [2.05, 4.69) is 21.2 Å². The highest BCUT2D eigenvalue weighted by atomic mass is 79.9. The quantitative estimate of drug-likeness (QED) is 0.159. The molecular weight excluding hydrogens is 721 g/mol. The smallest absolute Gasteiger partial charge is 0.264 e. The minimum Gasteiger partial charge on any atom is -0.352 e. The number of carbonyl (C=O) groups is 2. The Morgan fingerprint density at radius 2 is 1.55 bits per heavy atom. The minimum atomic E-state index is -4.30. The van der Waals surface area contributed by atoms with E-state index in [4.69, 9.17) is 23.2 Å². The van der Waals surface area contributed by atoms with Crippen molar-refractivity contribution in [2.45, 2.75) is 62.6 Å². The van der Waals surface area contributed by atoms with Crippen LogP contribution in [0.25, 0.3) is 0 Å². The first-order valence-corrected chi connectivity index (χ1v) is 18.4. The molecule has 2 amide bonds. The summed E-state index contributed by atoms with van der Waals surface area (Å²) in [4.78, 5) is 30.2. The first-order chi connectivity index (χ1) is 22.5. The number of sulfonamides is 1. The average Bonchev–Trinajstić information content (AvgIpc) is 3.57. The lowest BCUT2D eigenvalue weighted by Crippen LogP contribution is -2.54. The third-order valence-electron chi connectivity index (χ3n) is 8.30. The Morgan fingerprint density at radius 3 is 2.21 bits per heavy atom. The first-order valence-electron chi connectivity index (χ1n) is 15.4. The van der Waals surface area contributed by atoms with Gasteiger partial charge in [0.15, 0.2) is 0 Å². The second kappa shape index (κ2) is 15.7. The number of hydrogen-bond acceptors (Lipinski definition) is 4. The molecule has 0 aromatic heterocycles. The Kier molecular flexibility index (Phi) is 11.7. The molecule has 1 saturated carbocycles. The van der Waals surface area contributed by atoms with Gasteiger partial charge in [0.25, 0.3) is 10.0 Å². The Labute approximate surface area is 295 Å². The molecule has 1 aliphatic rings. The Morgan fingerprint density at radius 1 is 0.894 bits per heavy atom. The number of hydrogen-bond donors (Lipinski definition) is 1. The van der Waals surface area contributed by atoms with Crippen molar-refractivity contribution in [3.63, 3.8) is 0 Å². The number of nitrogens with zero attached hydrogens (tertiary/aromatic N) is 2. The van der Waals surface area contributed by atoms with Gasteiger partial charge in [-0.25, -0.2) is 8.42 Å². The second-order valence-corrected chi connectivity index (χ2v) is 15.4. The molecule has 7 nitrogen and oxygen atoms in total. The minimum absolute atomic E-state index is 0.00814. The molecule has 0 bridgehead atoms. The van der Waals surface area contributed by atoms with Crippen molar-refractivity contribution < 1.29 is 18.0 Å². The second-order valence-electron chi connectivity index (χ2n) is 11.8. The molecule has 0 aliphatic heterocycles. The number of benzene rings is 4. The van der Waals surface area contributed by atoms with Crippen LogP contribution in [-0.2, 0) is 32.6 Å². The standard InChI is InChI=1S/C36H36BrCl2N3O4S/c1-25-11-18-31(19-12-25)47(45,46)42(33-22-29(38)17-20-32(33)39)24-35(43)41(23-27-13-15-28(37)16-14-27)34(21-26-7-3-2-4-8-26)36(44)40-30-9-5-6-10-30/h2-4,7-8,11-20,22,30,34H,5-6,9-10,21,23-24H2,1H3,(H,40,44). The van der Waals surface area contributed by atoms with Gasteiger partial charge < -0.3 is 10.2 Å². The third-order valence-corrected chi connectivity index (χ3v) is 11.2. The van der Waals surface area contributed by atoms with Crippen LogP contribution in [-0.4, -0.2) is 43.8 Å². The van der Waals surface area contributed by atoms with Crippen LogP contribution in [0.1, 0.15) is 42.4 Å². The van der Waals surface area contributed by atoms with Crippen molar-refractivity contribution in [1.82, 2.24) is 10.2 Å². The summed E-state index contributed by atoms with van der Waals surface area (Å²) < 4.78 is 30.4. The fraction of sp³-hybridized carbons (Fsp3) is 0.278. The lowest BCUT2D eigenvalue weighted by atomic mass is 10.0. The van der Waals surface area contributed by atoms with Gasteiger partial charge >= 0.3 is 0 Å². The van der Waals surface area contributed by atoms with Crippen LogP contribution in [0.5, 0.6) is 0 Å². The Hall–Kier alpha value is -3.37. The fourth-order valence-corrected chi connectivity index (χ4v) is 7.86. The molecule has 0 spiro atoms. The van der Waals surface area contributed by atoms with E-state index in [-0.39, 0.29) is 45.5 Å². The summed E-state index contributed by atoms with van der Waals surface area (Å²) >= 11 is 16.4. The van der Waals surface area contributed by atoms with E-state index in [1.807, 2.05) is 61.5 Å². The topological polar surface area (TPSA) is 86.8 Å². The summed E-state index contributed by atoms with van der Waals surface area (Å²) in [6.45, 7) is 1.31. The van der Waals surface area contributed by atoms with Crippen LogP contribution < -0.4 is 9.62 Å². The van der Waals surface area contributed by atoms with Gasteiger partial charge in [0.1, 0.15) is 12.6 Å². The lowest BCUT2D eigenvalue weighted by molar-refractivity contribution is -0.140. The number of carbonyl (C=O) groups excluding carboxylic acids is 2. The molecule has 4 aromatic rings. The number of nitrogens with one attached hydrogen (secondary N) is 1. The molecule has 4 aromatic carbocycles. The van der Waals surface area contributed by atoms with E-state index in [1.165, 1.54) is 29.2 Å². The lowest BCUT2D eigenvalue weighted by Gasteiger charge is -2.34. The number of halogens is 3. The number of amides is 2. The summed E-state index contributed by atoms with van der Waals surface area (Å²) in [5, 5.41) is 3.55. The van der Waals surface area contributed by atoms with E-state index in [1.54, 1.807) is 18.2 Å². The van der Waals surface area contributed by atoms with Gasteiger partial charge in [-0.15, -0.1) is 0 Å². The first kappa shape index (κ1) is 35.0. The summed E-state index contributed by atoms with van der Waals surface area (Å²) in [7, 11) is -4.30. The van der Waals surface area contributed by atoms with Crippen molar-refractivity contribution in [1.29, 1.82) is 0 Å². The molecule has 1 atom stereocenters. The molecule has 1 unspecified atom stereocenters. The molecule has 5 rings (SSSR count). The maximum absolute atomic E-state index is 14.7. The Bertz CT molecular complexity index is 1800. The Balaban J connectivity index is 1.58. The summed E-state index contributed by atoms with van der Waals surface area (Å²) in [5.74, 6) is -0.845. The molecule has 1 fully saturated rings. The molecule has 0 radical (unpaired) electrons. The number of aryl methyl sites for hydroxylation is 1. The van der Waals surface area contributed by atoms with Crippen molar-refractivity contribution in [2.75, 3.05) is 10.8 Å². The number of rotatable bonds is 12. The van der Waals surface area contributed by atoms with Crippen LogP contribution >= 0.6 is 39.1 Å². The maximum Gasteiger partial charge on any atom is 0.264 e. The van der Waals surface area contributed by atoms with Gasteiger partial charge in [0.05, 0.1) is 15.6 Å². The monoisotopic (exact) mass is 755 g/mol. The van der Waals surface area contributed by atoms with E-state index in [9.17, 15) is 18.0 Å². The van der Waals surface area contributed by atoms with Gasteiger partial charge in [0, 0.05) is 28.5 Å². The van der Waals surface area contributed by atoms with Crippen molar-refractivity contribution in [3.05, 3.63) is 128 Å². The third kappa shape index (κ3) is 8.96. The normalized spacial score (nSPS) is 14.0. The van der Waals surface area contributed by atoms with Crippen LogP contribution in [0.15, 0.2) is 106 Å². The van der Waals surface area contributed by atoms with Gasteiger partial charge in [-0.3, -0.25) is 13.9 Å². The maximum atomic E-state index is 14.7. The van der Waals surface area contributed by atoms with Crippen molar-refractivity contribution in [3.8, 4) is 0 Å². The van der Waals surface area contributed by atoms with E-state index in [0.29, 0.717) is 0 Å². The van der Waals surface area contributed by atoms with Crippen LogP contribution in [0.2, 0.25) is 10.0 Å². The highest BCUT2D eigenvalue weighted by Crippen LogP contribution is 2.33. The number of anilines is 1. The van der Waals surface area contributed by atoms with Gasteiger partial charge in [-0.2, -0.15) is 0 Å². The van der Waals surface area contributed by atoms with Gasteiger partial charge in [-0.1, -0.05) is 112 Å². The summed E-state index contributed by atoms with van der Waals surface area (Å²) in [6, 6.07) is 26.9. The van der Waals surface area contributed by atoms with E-state index < -0.39 is 28.5 Å². The highest BCUT2D eigenvalue weighted by Gasteiger charge is 2.36.